The predicted octanol–water partition coefficient (Wildman–Crippen LogP) is 1.71. The van der Waals surface area contributed by atoms with Crippen LogP contribution in [0.1, 0.15) is 37.8 Å². The summed E-state index contributed by atoms with van der Waals surface area (Å²) in [7, 11) is -3.53. The van der Waals surface area contributed by atoms with Crippen LogP contribution >= 0.6 is 0 Å². The Balaban J connectivity index is 1.88. The molecule has 0 radical (unpaired) electrons. The van der Waals surface area contributed by atoms with Gasteiger partial charge in [0.1, 0.15) is 0 Å². The van der Waals surface area contributed by atoms with Gasteiger partial charge in [0, 0.05) is 26.2 Å². The maximum absolute atomic E-state index is 12.5. The highest BCUT2D eigenvalue weighted by Gasteiger charge is 2.29. The number of aliphatic imine (C=N–C) groups is 1. The Morgan fingerprint density at radius 3 is 2.70 bits per heavy atom. The monoisotopic (exact) mass is 396 g/mol. The molecular weight excluding hydrogens is 364 g/mol. The van der Waals surface area contributed by atoms with Crippen LogP contribution in [0.3, 0.4) is 0 Å². The number of rotatable bonds is 8. The first-order valence-electron chi connectivity index (χ1n) is 9.49. The predicted molar refractivity (Wildman–Crippen MR) is 109 cm³/mol. The number of sulfonamides is 1. The minimum atomic E-state index is -3.53. The largest absolute Gasteiger partial charge is 0.373 e. The van der Waals surface area contributed by atoms with Crippen molar-refractivity contribution >= 4 is 16.0 Å². The number of benzene rings is 1. The minimum absolute atomic E-state index is 0.202. The van der Waals surface area contributed by atoms with E-state index in [9.17, 15) is 8.42 Å². The van der Waals surface area contributed by atoms with Gasteiger partial charge in [-0.05, 0) is 57.7 Å². The van der Waals surface area contributed by atoms with Gasteiger partial charge in [0.25, 0.3) is 0 Å². The molecule has 7 nitrogen and oxygen atoms in total. The van der Waals surface area contributed by atoms with Crippen LogP contribution in [0.25, 0.3) is 0 Å². The molecule has 27 heavy (non-hydrogen) atoms. The highest BCUT2D eigenvalue weighted by molar-refractivity contribution is 7.89. The molecule has 0 aromatic heterocycles. The molecule has 1 aliphatic heterocycles. The van der Waals surface area contributed by atoms with Crippen molar-refractivity contribution in [3.8, 4) is 0 Å². The highest BCUT2D eigenvalue weighted by Crippen LogP contribution is 2.25. The van der Waals surface area contributed by atoms with Crippen molar-refractivity contribution in [3.63, 3.8) is 0 Å². The third-order valence-electron chi connectivity index (χ3n) is 4.56. The van der Waals surface area contributed by atoms with Crippen LogP contribution < -0.4 is 15.4 Å². The van der Waals surface area contributed by atoms with Crippen LogP contribution in [-0.2, 0) is 14.8 Å². The van der Waals surface area contributed by atoms with E-state index in [1.165, 1.54) is 0 Å². The second kappa shape index (κ2) is 9.52. The van der Waals surface area contributed by atoms with Crippen LogP contribution in [0.4, 0.5) is 0 Å². The maximum Gasteiger partial charge on any atom is 0.240 e. The molecule has 1 heterocycles. The van der Waals surface area contributed by atoms with Gasteiger partial charge in [-0.2, -0.15) is 0 Å². The van der Waals surface area contributed by atoms with Crippen molar-refractivity contribution in [2.75, 3.05) is 32.8 Å². The molecule has 0 saturated carbocycles. The van der Waals surface area contributed by atoms with E-state index in [-0.39, 0.29) is 12.1 Å². The summed E-state index contributed by atoms with van der Waals surface area (Å²) in [5.41, 5.74) is 1.45. The number of hydrogen-bond donors (Lipinski definition) is 3. The Morgan fingerprint density at radius 2 is 2.04 bits per heavy atom. The third-order valence-corrected chi connectivity index (χ3v) is 6.16. The number of ether oxygens (including phenoxy) is 1. The lowest BCUT2D eigenvalue weighted by molar-refractivity contribution is 0.0283. The lowest BCUT2D eigenvalue weighted by atomic mass is 10.0. The van der Waals surface area contributed by atoms with Crippen molar-refractivity contribution in [2.45, 2.75) is 51.0 Å². The zero-order valence-corrected chi connectivity index (χ0v) is 17.6. The number of nitrogens with one attached hydrogen (secondary N) is 3. The van der Waals surface area contributed by atoms with Crippen molar-refractivity contribution in [1.82, 2.24) is 15.4 Å². The number of guanidine groups is 1. The van der Waals surface area contributed by atoms with Gasteiger partial charge in [0.05, 0.1) is 17.0 Å². The molecule has 0 amide bonds. The van der Waals surface area contributed by atoms with Crippen molar-refractivity contribution < 1.29 is 13.2 Å². The smallest absolute Gasteiger partial charge is 0.240 e. The molecule has 1 atom stereocenters. The van der Waals surface area contributed by atoms with Gasteiger partial charge in [-0.25, -0.2) is 13.1 Å². The first kappa shape index (κ1) is 21.7. The topological polar surface area (TPSA) is 91.8 Å². The van der Waals surface area contributed by atoms with Crippen LogP contribution in [-0.4, -0.2) is 52.8 Å². The van der Waals surface area contributed by atoms with Gasteiger partial charge in [0.2, 0.25) is 10.0 Å². The molecule has 1 aliphatic rings. The Morgan fingerprint density at radius 1 is 1.26 bits per heavy atom. The van der Waals surface area contributed by atoms with Gasteiger partial charge < -0.3 is 15.4 Å². The Kier molecular flexibility index (Phi) is 7.64. The van der Waals surface area contributed by atoms with E-state index in [0.717, 1.165) is 37.1 Å². The van der Waals surface area contributed by atoms with Crippen LogP contribution in [0, 0.1) is 13.8 Å². The number of nitrogens with zero attached hydrogens (tertiary/aromatic N) is 1. The fourth-order valence-corrected chi connectivity index (χ4v) is 4.35. The molecule has 2 rings (SSSR count). The Labute approximate surface area is 163 Å². The zero-order chi connectivity index (χ0) is 19.9. The molecular formula is C19H32N4O3S. The highest BCUT2D eigenvalue weighted by atomic mass is 32.2. The zero-order valence-electron chi connectivity index (χ0n) is 16.8. The fourth-order valence-electron chi connectivity index (χ4n) is 2.99. The third kappa shape index (κ3) is 6.48. The van der Waals surface area contributed by atoms with E-state index < -0.39 is 10.0 Å². The van der Waals surface area contributed by atoms with Crippen molar-refractivity contribution in [2.24, 2.45) is 4.99 Å². The van der Waals surface area contributed by atoms with E-state index in [0.29, 0.717) is 23.9 Å². The van der Waals surface area contributed by atoms with Gasteiger partial charge in [-0.3, -0.25) is 4.99 Å². The van der Waals surface area contributed by atoms with E-state index in [1.54, 1.807) is 13.0 Å². The summed E-state index contributed by atoms with van der Waals surface area (Å²) < 4.78 is 33.4. The molecule has 0 aliphatic carbocycles. The van der Waals surface area contributed by atoms with Crippen LogP contribution in [0.15, 0.2) is 28.1 Å². The quantitative estimate of drug-likeness (QED) is 0.353. The average molecular weight is 397 g/mol. The first-order chi connectivity index (χ1) is 12.8. The summed E-state index contributed by atoms with van der Waals surface area (Å²) in [5, 5.41) is 6.34. The molecule has 1 saturated heterocycles. The van der Waals surface area contributed by atoms with Crippen LogP contribution in [0.2, 0.25) is 0 Å². The number of hydrogen-bond acceptors (Lipinski definition) is 4. The first-order valence-corrected chi connectivity index (χ1v) is 11.0. The summed E-state index contributed by atoms with van der Waals surface area (Å²) in [6, 6.07) is 5.42. The van der Waals surface area contributed by atoms with Crippen molar-refractivity contribution in [3.05, 3.63) is 29.3 Å². The summed E-state index contributed by atoms with van der Waals surface area (Å²) >= 11 is 0. The lowest BCUT2D eigenvalue weighted by Crippen LogP contribution is -2.42. The van der Waals surface area contributed by atoms with Gasteiger partial charge in [0.15, 0.2) is 5.96 Å². The van der Waals surface area contributed by atoms with E-state index in [4.69, 9.17) is 4.74 Å². The van der Waals surface area contributed by atoms with Crippen LogP contribution in [0.5, 0.6) is 0 Å². The second-order valence-electron chi connectivity index (χ2n) is 7.19. The van der Waals surface area contributed by atoms with Gasteiger partial charge >= 0.3 is 0 Å². The average Bonchev–Trinajstić information content (AvgIpc) is 3.05. The summed E-state index contributed by atoms with van der Waals surface area (Å²) in [5.74, 6) is 0.667. The fraction of sp³-hybridized carbons (Fsp3) is 0.632. The maximum atomic E-state index is 12.5. The molecule has 1 fully saturated rings. The Bertz CT molecular complexity index is 756. The SMILES string of the molecule is CCNC(=NCC1(C)CCCO1)NCCNS(=O)(=O)c1cc(C)ccc1C. The normalized spacial score (nSPS) is 20.7. The molecule has 1 unspecified atom stereocenters. The van der Waals surface area contributed by atoms with E-state index in [1.807, 2.05) is 26.0 Å². The second-order valence-corrected chi connectivity index (χ2v) is 8.93. The lowest BCUT2D eigenvalue weighted by Gasteiger charge is -2.21. The molecule has 0 spiro atoms. The molecule has 1 aromatic carbocycles. The number of aryl methyl sites for hydroxylation is 2. The Hall–Kier alpha value is -1.64. The van der Waals surface area contributed by atoms with Gasteiger partial charge in [-0.1, -0.05) is 12.1 Å². The minimum Gasteiger partial charge on any atom is -0.373 e. The molecule has 1 aromatic rings. The standard InChI is InChI=1S/C19H32N4O3S/c1-5-20-18(22-14-19(4)9-6-12-26-19)21-10-11-23-27(24,25)17-13-15(2)7-8-16(17)3/h7-8,13,23H,5-6,9-12,14H2,1-4H3,(H2,20,21,22). The molecule has 152 valence electrons. The summed E-state index contributed by atoms with van der Waals surface area (Å²) in [6.45, 7) is 10.6. The van der Waals surface area contributed by atoms with Gasteiger partial charge in [-0.15, -0.1) is 0 Å². The van der Waals surface area contributed by atoms with E-state index in [2.05, 4.69) is 27.3 Å². The molecule has 8 heteroatoms. The molecule has 3 N–H and O–H groups in total. The molecule has 0 bridgehead atoms. The van der Waals surface area contributed by atoms with E-state index >= 15 is 0 Å². The summed E-state index contributed by atoms with van der Waals surface area (Å²) in [4.78, 5) is 4.91. The van der Waals surface area contributed by atoms with Crippen molar-refractivity contribution in [1.29, 1.82) is 0 Å². The summed E-state index contributed by atoms with van der Waals surface area (Å²) in [6.07, 6.45) is 2.07.